The normalized spacial score (nSPS) is 20.5. The molecule has 5 nitrogen and oxygen atoms in total. The summed E-state index contributed by atoms with van der Waals surface area (Å²) in [6, 6.07) is 4.09. The molecule has 0 bridgehead atoms. The molecule has 0 atom stereocenters. The van der Waals surface area contributed by atoms with Gasteiger partial charge in [-0.05, 0) is 43.9 Å². The van der Waals surface area contributed by atoms with Gasteiger partial charge >= 0.3 is 0 Å². The number of halogens is 2. The minimum Gasteiger partial charge on any atom is -0.383 e. The van der Waals surface area contributed by atoms with Crippen molar-refractivity contribution >= 4 is 29.1 Å². The SMILES string of the molecule is COCCNC(=O)C1CCC(C(=O)Nc2ccc(F)c(Cl)c2)CC1. The lowest BCUT2D eigenvalue weighted by atomic mass is 9.81. The first-order valence-electron chi connectivity index (χ1n) is 8.04. The Labute approximate surface area is 145 Å². The summed E-state index contributed by atoms with van der Waals surface area (Å²) in [6.45, 7) is 0.991. The van der Waals surface area contributed by atoms with Crippen molar-refractivity contribution in [3.8, 4) is 0 Å². The molecule has 0 aliphatic heterocycles. The Balaban J connectivity index is 1.79. The Kier molecular flexibility index (Phi) is 6.99. The highest BCUT2D eigenvalue weighted by molar-refractivity contribution is 6.31. The van der Waals surface area contributed by atoms with Crippen molar-refractivity contribution in [2.24, 2.45) is 11.8 Å². The second-order valence-corrected chi connectivity index (χ2v) is 6.36. The van der Waals surface area contributed by atoms with Gasteiger partial charge in [0.2, 0.25) is 11.8 Å². The zero-order chi connectivity index (χ0) is 17.5. The van der Waals surface area contributed by atoms with Crippen molar-refractivity contribution in [1.82, 2.24) is 5.32 Å². The van der Waals surface area contributed by atoms with E-state index in [0.717, 1.165) is 0 Å². The molecule has 0 aromatic heterocycles. The predicted octanol–water partition coefficient (Wildman–Crippen LogP) is 2.99. The maximum atomic E-state index is 13.1. The number of carbonyl (C=O) groups is 2. The molecule has 1 aliphatic carbocycles. The summed E-state index contributed by atoms with van der Waals surface area (Å²) in [5.74, 6) is -0.801. The van der Waals surface area contributed by atoms with Crippen LogP contribution in [0, 0.1) is 17.7 Å². The number of carbonyl (C=O) groups excluding carboxylic acids is 2. The number of methoxy groups -OCH3 is 1. The molecule has 2 rings (SSSR count). The van der Waals surface area contributed by atoms with Crippen LogP contribution in [0.3, 0.4) is 0 Å². The van der Waals surface area contributed by atoms with Gasteiger partial charge < -0.3 is 15.4 Å². The quantitative estimate of drug-likeness (QED) is 0.770. The maximum Gasteiger partial charge on any atom is 0.227 e. The predicted molar refractivity (Wildman–Crippen MR) is 90.4 cm³/mol. The Morgan fingerprint density at radius 1 is 1.21 bits per heavy atom. The molecule has 24 heavy (non-hydrogen) atoms. The summed E-state index contributed by atoms with van der Waals surface area (Å²) >= 11 is 5.71. The molecule has 7 heteroatoms. The van der Waals surface area contributed by atoms with Gasteiger partial charge in [0.1, 0.15) is 5.82 Å². The summed E-state index contributed by atoms with van der Waals surface area (Å²) in [5.41, 5.74) is 0.478. The van der Waals surface area contributed by atoms with Crippen LogP contribution in [-0.4, -0.2) is 32.1 Å². The second-order valence-electron chi connectivity index (χ2n) is 5.95. The molecular weight excluding hydrogens is 335 g/mol. The van der Waals surface area contributed by atoms with Crippen molar-refractivity contribution in [2.45, 2.75) is 25.7 Å². The van der Waals surface area contributed by atoms with Crippen LogP contribution in [0.2, 0.25) is 5.02 Å². The van der Waals surface area contributed by atoms with Gasteiger partial charge in [-0.15, -0.1) is 0 Å². The highest BCUT2D eigenvalue weighted by atomic mass is 35.5. The number of anilines is 1. The molecule has 1 aromatic rings. The number of benzene rings is 1. The Morgan fingerprint density at radius 3 is 2.42 bits per heavy atom. The number of hydrogen-bond donors (Lipinski definition) is 2. The van der Waals surface area contributed by atoms with E-state index in [2.05, 4.69) is 10.6 Å². The Hall–Kier alpha value is -1.66. The summed E-state index contributed by atoms with van der Waals surface area (Å²) < 4.78 is 18.0. The van der Waals surface area contributed by atoms with Crippen molar-refractivity contribution in [3.05, 3.63) is 29.0 Å². The van der Waals surface area contributed by atoms with Gasteiger partial charge in [-0.2, -0.15) is 0 Å². The number of amides is 2. The second kappa shape index (κ2) is 8.99. The first kappa shape index (κ1) is 18.7. The van der Waals surface area contributed by atoms with Gasteiger partial charge in [-0.1, -0.05) is 11.6 Å². The van der Waals surface area contributed by atoms with Crippen molar-refractivity contribution in [1.29, 1.82) is 0 Å². The Morgan fingerprint density at radius 2 is 1.83 bits per heavy atom. The minimum absolute atomic E-state index is 0.0239. The van der Waals surface area contributed by atoms with E-state index < -0.39 is 5.82 Å². The molecule has 2 amide bonds. The lowest BCUT2D eigenvalue weighted by molar-refractivity contribution is -0.128. The number of rotatable bonds is 6. The van der Waals surface area contributed by atoms with Crippen LogP contribution in [0.5, 0.6) is 0 Å². The average molecular weight is 357 g/mol. The standard InChI is InChI=1S/C17H22ClFN2O3/c1-24-9-8-20-16(22)11-2-4-12(5-3-11)17(23)21-13-6-7-15(19)14(18)10-13/h6-7,10-12H,2-5,8-9H2,1H3,(H,20,22)(H,21,23). The number of nitrogens with one attached hydrogen (secondary N) is 2. The fourth-order valence-electron chi connectivity index (χ4n) is 2.86. The zero-order valence-electron chi connectivity index (χ0n) is 13.6. The molecule has 0 spiro atoms. The third kappa shape index (κ3) is 5.18. The first-order chi connectivity index (χ1) is 11.5. The van der Waals surface area contributed by atoms with Crippen molar-refractivity contribution in [2.75, 3.05) is 25.6 Å². The van der Waals surface area contributed by atoms with Gasteiger partial charge in [0.25, 0.3) is 0 Å². The van der Waals surface area contributed by atoms with Crippen LogP contribution in [0.15, 0.2) is 18.2 Å². The fourth-order valence-corrected chi connectivity index (χ4v) is 3.04. The molecule has 1 fully saturated rings. The topological polar surface area (TPSA) is 67.4 Å². The summed E-state index contributed by atoms with van der Waals surface area (Å²) in [6.07, 6.45) is 2.68. The van der Waals surface area contributed by atoms with E-state index in [1.54, 1.807) is 7.11 Å². The third-order valence-corrected chi connectivity index (χ3v) is 4.55. The number of hydrogen-bond acceptors (Lipinski definition) is 3. The van der Waals surface area contributed by atoms with Gasteiger partial charge in [-0.3, -0.25) is 9.59 Å². The zero-order valence-corrected chi connectivity index (χ0v) is 14.4. The monoisotopic (exact) mass is 356 g/mol. The van der Waals surface area contributed by atoms with E-state index in [9.17, 15) is 14.0 Å². The van der Waals surface area contributed by atoms with E-state index >= 15 is 0 Å². The molecule has 132 valence electrons. The summed E-state index contributed by atoms with van der Waals surface area (Å²) in [4.78, 5) is 24.3. The van der Waals surface area contributed by atoms with E-state index in [4.69, 9.17) is 16.3 Å². The number of ether oxygens (including phenoxy) is 1. The summed E-state index contributed by atoms with van der Waals surface area (Å²) in [5, 5.41) is 5.57. The molecule has 0 radical (unpaired) electrons. The van der Waals surface area contributed by atoms with E-state index in [1.165, 1.54) is 18.2 Å². The van der Waals surface area contributed by atoms with Crippen LogP contribution in [0.25, 0.3) is 0 Å². The summed E-state index contributed by atoms with van der Waals surface area (Å²) in [7, 11) is 1.59. The maximum absolute atomic E-state index is 13.1. The van der Waals surface area contributed by atoms with Gasteiger partial charge in [0.15, 0.2) is 0 Å². The fraction of sp³-hybridized carbons (Fsp3) is 0.529. The molecule has 0 saturated heterocycles. The van der Waals surface area contributed by atoms with Crippen molar-refractivity contribution < 1.29 is 18.7 Å². The highest BCUT2D eigenvalue weighted by Crippen LogP contribution is 2.30. The van der Waals surface area contributed by atoms with Crippen LogP contribution in [-0.2, 0) is 14.3 Å². The minimum atomic E-state index is -0.519. The van der Waals surface area contributed by atoms with Crippen LogP contribution in [0.4, 0.5) is 10.1 Å². The molecule has 2 N–H and O–H groups in total. The van der Waals surface area contributed by atoms with E-state index in [1.807, 2.05) is 0 Å². The molecule has 0 unspecified atom stereocenters. The highest BCUT2D eigenvalue weighted by Gasteiger charge is 2.29. The molecule has 1 aliphatic rings. The van der Waals surface area contributed by atoms with Gasteiger partial charge in [-0.25, -0.2) is 4.39 Å². The van der Waals surface area contributed by atoms with Crippen molar-refractivity contribution in [3.63, 3.8) is 0 Å². The lowest BCUT2D eigenvalue weighted by Gasteiger charge is -2.27. The molecular formula is C17H22ClFN2O3. The van der Waals surface area contributed by atoms with Crippen LogP contribution < -0.4 is 10.6 Å². The molecule has 1 saturated carbocycles. The van der Waals surface area contributed by atoms with Crippen LogP contribution in [0.1, 0.15) is 25.7 Å². The average Bonchev–Trinajstić information content (AvgIpc) is 2.58. The van der Waals surface area contributed by atoms with Gasteiger partial charge in [0.05, 0.1) is 11.6 Å². The van der Waals surface area contributed by atoms with Crippen LogP contribution >= 0.6 is 11.6 Å². The molecule has 1 aromatic carbocycles. The van der Waals surface area contributed by atoms with E-state index in [0.29, 0.717) is 44.5 Å². The van der Waals surface area contributed by atoms with Gasteiger partial charge in [0, 0.05) is 31.2 Å². The molecule has 0 heterocycles. The first-order valence-corrected chi connectivity index (χ1v) is 8.41. The largest absolute Gasteiger partial charge is 0.383 e. The lowest BCUT2D eigenvalue weighted by Crippen LogP contribution is -2.36. The Bertz CT molecular complexity index is 589. The smallest absolute Gasteiger partial charge is 0.227 e. The van der Waals surface area contributed by atoms with E-state index in [-0.39, 0.29) is 28.7 Å². The third-order valence-electron chi connectivity index (χ3n) is 4.26.